The number of hydrogen-bond acceptors (Lipinski definition) is 2. The van der Waals surface area contributed by atoms with Gasteiger partial charge in [-0.2, -0.15) is 5.26 Å². The van der Waals surface area contributed by atoms with Gasteiger partial charge in [-0.15, -0.1) is 0 Å². The Morgan fingerprint density at radius 1 is 1.58 bits per heavy atom. The summed E-state index contributed by atoms with van der Waals surface area (Å²) < 4.78 is 0. The second-order valence-corrected chi connectivity index (χ2v) is 2.97. The third kappa shape index (κ3) is 2.14. The molecule has 1 atom stereocenters. The molecule has 1 rings (SSSR count). The van der Waals surface area contributed by atoms with E-state index in [-0.39, 0.29) is 6.04 Å². The summed E-state index contributed by atoms with van der Waals surface area (Å²) in [5.74, 6) is 0. The van der Waals surface area contributed by atoms with Crippen LogP contribution < -0.4 is 5.32 Å². The highest BCUT2D eigenvalue weighted by Crippen LogP contribution is 2.16. The molecule has 0 amide bonds. The van der Waals surface area contributed by atoms with E-state index < -0.39 is 0 Å². The minimum absolute atomic E-state index is 0.0219. The predicted octanol–water partition coefficient (Wildman–Crippen LogP) is 2.47. The molecule has 62 valence electrons. The van der Waals surface area contributed by atoms with Gasteiger partial charge < -0.3 is 5.32 Å². The highest BCUT2D eigenvalue weighted by Gasteiger charge is 2.02. The molecule has 3 heteroatoms. The van der Waals surface area contributed by atoms with E-state index in [1.807, 2.05) is 37.4 Å². The standard InChI is InChI=1S/C9H9ClN2/c1-7(12-6-11)8-3-2-4-9(10)5-8/h2-5,7,12H,1H3. The number of rotatable bonds is 2. The summed E-state index contributed by atoms with van der Waals surface area (Å²) in [6, 6.07) is 7.48. The molecular formula is C9H9ClN2. The molecule has 0 aliphatic carbocycles. The molecule has 1 N–H and O–H groups in total. The summed E-state index contributed by atoms with van der Waals surface area (Å²) >= 11 is 5.78. The molecule has 0 saturated carbocycles. The summed E-state index contributed by atoms with van der Waals surface area (Å²) in [6.45, 7) is 1.91. The Balaban J connectivity index is 2.82. The molecule has 0 aromatic heterocycles. The maximum Gasteiger partial charge on any atom is 0.177 e. The zero-order valence-electron chi connectivity index (χ0n) is 6.71. The van der Waals surface area contributed by atoms with Crippen LogP contribution in [-0.4, -0.2) is 0 Å². The van der Waals surface area contributed by atoms with Crippen molar-refractivity contribution in [3.63, 3.8) is 0 Å². The molecule has 0 aliphatic rings. The monoisotopic (exact) mass is 180 g/mol. The van der Waals surface area contributed by atoms with Crippen LogP contribution in [0.2, 0.25) is 5.02 Å². The largest absolute Gasteiger partial charge is 0.317 e. The van der Waals surface area contributed by atoms with Gasteiger partial charge in [0.25, 0.3) is 0 Å². The molecule has 1 aromatic carbocycles. The molecule has 0 fully saturated rings. The second kappa shape index (κ2) is 3.99. The van der Waals surface area contributed by atoms with Gasteiger partial charge in [0.2, 0.25) is 0 Å². The molecule has 0 radical (unpaired) electrons. The molecule has 1 unspecified atom stereocenters. The Morgan fingerprint density at radius 2 is 2.33 bits per heavy atom. The van der Waals surface area contributed by atoms with Gasteiger partial charge in [0.05, 0.1) is 6.04 Å². The second-order valence-electron chi connectivity index (χ2n) is 2.53. The average Bonchev–Trinajstić information content (AvgIpc) is 2.05. The Bertz CT molecular complexity index is 304. The van der Waals surface area contributed by atoms with E-state index in [4.69, 9.17) is 16.9 Å². The van der Waals surface area contributed by atoms with Crippen molar-refractivity contribution in [2.45, 2.75) is 13.0 Å². The Hall–Kier alpha value is -1.20. The van der Waals surface area contributed by atoms with Crippen LogP contribution in [0.1, 0.15) is 18.5 Å². The summed E-state index contributed by atoms with van der Waals surface area (Å²) in [5.41, 5.74) is 1.02. The number of nitrogens with zero attached hydrogens (tertiary/aromatic N) is 1. The molecule has 0 saturated heterocycles. The van der Waals surface area contributed by atoms with Crippen molar-refractivity contribution in [3.8, 4) is 6.19 Å². The number of halogens is 1. The van der Waals surface area contributed by atoms with E-state index in [1.54, 1.807) is 0 Å². The molecule has 1 aromatic rings. The van der Waals surface area contributed by atoms with Gasteiger partial charge in [-0.1, -0.05) is 23.7 Å². The van der Waals surface area contributed by atoms with E-state index in [0.717, 1.165) is 5.56 Å². The molecule has 0 aliphatic heterocycles. The van der Waals surface area contributed by atoms with Gasteiger partial charge >= 0.3 is 0 Å². The highest BCUT2D eigenvalue weighted by molar-refractivity contribution is 6.30. The first kappa shape index (κ1) is 8.89. The summed E-state index contributed by atoms with van der Waals surface area (Å²) in [5, 5.41) is 11.7. The number of hydrogen-bond donors (Lipinski definition) is 1. The lowest BCUT2D eigenvalue weighted by atomic mass is 10.1. The number of nitriles is 1. The summed E-state index contributed by atoms with van der Waals surface area (Å²) in [7, 11) is 0. The van der Waals surface area contributed by atoms with Crippen molar-refractivity contribution in [3.05, 3.63) is 34.9 Å². The van der Waals surface area contributed by atoms with Crippen LogP contribution in [0, 0.1) is 11.5 Å². The van der Waals surface area contributed by atoms with E-state index in [0.29, 0.717) is 5.02 Å². The minimum atomic E-state index is 0.0219. The van der Waals surface area contributed by atoms with Crippen molar-refractivity contribution >= 4 is 11.6 Å². The van der Waals surface area contributed by atoms with Crippen LogP contribution in [-0.2, 0) is 0 Å². The molecular weight excluding hydrogens is 172 g/mol. The zero-order chi connectivity index (χ0) is 8.97. The van der Waals surface area contributed by atoms with E-state index in [9.17, 15) is 0 Å². The number of benzene rings is 1. The first-order valence-corrected chi connectivity index (χ1v) is 4.02. The van der Waals surface area contributed by atoms with Crippen molar-refractivity contribution < 1.29 is 0 Å². The summed E-state index contributed by atoms with van der Waals surface area (Å²) in [6.07, 6.45) is 1.89. The SMILES string of the molecule is CC(NC#N)c1cccc(Cl)c1. The molecule has 12 heavy (non-hydrogen) atoms. The maximum absolute atomic E-state index is 8.37. The van der Waals surface area contributed by atoms with Gasteiger partial charge in [-0.05, 0) is 24.6 Å². The lowest BCUT2D eigenvalue weighted by molar-refractivity contribution is 0.697. The average molecular weight is 181 g/mol. The van der Waals surface area contributed by atoms with Crippen LogP contribution in [0.4, 0.5) is 0 Å². The quantitative estimate of drug-likeness (QED) is 0.561. The summed E-state index contributed by atoms with van der Waals surface area (Å²) in [4.78, 5) is 0. The first-order chi connectivity index (χ1) is 5.74. The van der Waals surface area contributed by atoms with Crippen LogP contribution in [0.5, 0.6) is 0 Å². The van der Waals surface area contributed by atoms with E-state index in [1.165, 1.54) is 0 Å². The molecule has 0 bridgehead atoms. The van der Waals surface area contributed by atoms with Crippen molar-refractivity contribution in [2.75, 3.05) is 0 Å². The van der Waals surface area contributed by atoms with E-state index in [2.05, 4.69) is 5.32 Å². The Labute approximate surface area is 76.8 Å². The van der Waals surface area contributed by atoms with Gasteiger partial charge in [-0.25, -0.2) is 0 Å². The molecule has 0 heterocycles. The Kier molecular flexibility index (Phi) is 2.95. The fourth-order valence-corrected chi connectivity index (χ4v) is 1.15. The fourth-order valence-electron chi connectivity index (χ4n) is 0.956. The smallest absolute Gasteiger partial charge is 0.177 e. The molecule has 2 nitrogen and oxygen atoms in total. The van der Waals surface area contributed by atoms with Crippen molar-refractivity contribution in [2.24, 2.45) is 0 Å². The van der Waals surface area contributed by atoms with Crippen molar-refractivity contribution in [1.29, 1.82) is 5.26 Å². The maximum atomic E-state index is 8.37. The third-order valence-corrected chi connectivity index (χ3v) is 1.86. The van der Waals surface area contributed by atoms with Crippen molar-refractivity contribution in [1.82, 2.24) is 5.32 Å². The molecule has 0 spiro atoms. The fraction of sp³-hybridized carbons (Fsp3) is 0.222. The predicted molar refractivity (Wildman–Crippen MR) is 48.6 cm³/mol. The highest BCUT2D eigenvalue weighted by atomic mass is 35.5. The lowest BCUT2D eigenvalue weighted by Crippen LogP contribution is -2.11. The van der Waals surface area contributed by atoms with Gasteiger partial charge in [-0.3, -0.25) is 0 Å². The zero-order valence-corrected chi connectivity index (χ0v) is 7.47. The first-order valence-electron chi connectivity index (χ1n) is 3.64. The topological polar surface area (TPSA) is 35.8 Å². The lowest BCUT2D eigenvalue weighted by Gasteiger charge is -2.08. The van der Waals surface area contributed by atoms with Crippen LogP contribution in [0.25, 0.3) is 0 Å². The van der Waals surface area contributed by atoms with Crippen LogP contribution >= 0.6 is 11.6 Å². The third-order valence-electron chi connectivity index (χ3n) is 1.63. The van der Waals surface area contributed by atoms with Crippen LogP contribution in [0.3, 0.4) is 0 Å². The van der Waals surface area contributed by atoms with Gasteiger partial charge in [0.1, 0.15) is 0 Å². The Morgan fingerprint density at radius 3 is 2.92 bits per heavy atom. The number of nitrogens with one attached hydrogen (secondary N) is 1. The minimum Gasteiger partial charge on any atom is -0.317 e. The normalized spacial score (nSPS) is 11.8. The van der Waals surface area contributed by atoms with E-state index >= 15 is 0 Å². The van der Waals surface area contributed by atoms with Gasteiger partial charge in [0, 0.05) is 5.02 Å². The van der Waals surface area contributed by atoms with Crippen LogP contribution in [0.15, 0.2) is 24.3 Å². The van der Waals surface area contributed by atoms with Gasteiger partial charge in [0.15, 0.2) is 6.19 Å².